The van der Waals surface area contributed by atoms with Crippen LogP contribution in [0.2, 0.25) is 0 Å². The van der Waals surface area contributed by atoms with E-state index in [1.165, 1.54) is 4.90 Å². The number of amides is 3. The van der Waals surface area contributed by atoms with Gasteiger partial charge in [0.05, 0.1) is 12.6 Å². The van der Waals surface area contributed by atoms with Crippen LogP contribution in [0.15, 0.2) is 54.6 Å². The van der Waals surface area contributed by atoms with Crippen LogP contribution in [0, 0.1) is 0 Å². The maximum Gasteiger partial charge on any atom is 0.407 e. The maximum atomic E-state index is 12.7. The number of methoxy groups -OCH3 is 1. The average molecular weight is 383 g/mol. The molecule has 1 saturated heterocycles. The minimum atomic E-state index is -0.928. The number of carbonyl (C=O) groups excluding carboxylic acids is 1. The van der Waals surface area contributed by atoms with Gasteiger partial charge in [-0.2, -0.15) is 0 Å². The van der Waals surface area contributed by atoms with E-state index < -0.39 is 11.6 Å². The first-order valence-electron chi connectivity index (χ1n) is 9.25. The zero-order valence-corrected chi connectivity index (χ0v) is 15.9. The van der Waals surface area contributed by atoms with E-state index in [1.54, 1.807) is 7.11 Å². The Morgan fingerprint density at radius 3 is 2.36 bits per heavy atom. The third-order valence-electron chi connectivity index (χ3n) is 5.20. The van der Waals surface area contributed by atoms with Gasteiger partial charge in [0.25, 0.3) is 0 Å². The summed E-state index contributed by atoms with van der Waals surface area (Å²) < 4.78 is 5.32. The number of nitrogens with zero attached hydrogens (tertiary/aromatic N) is 1. The Hall–Kier alpha value is -3.22. The Kier molecular flexibility index (Phi) is 6.03. The highest BCUT2D eigenvalue weighted by molar-refractivity contribution is 5.75. The van der Waals surface area contributed by atoms with Gasteiger partial charge in [-0.25, -0.2) is 9.59 Å². The second kappa shape index (κ2) is 8.65. The van der Waals surface area contributed by atoms with Crippen LogP contribution in [0.4, 0.5) is 9.59 Å². The molecule has 148 valence electrons. The molecule has 0 aliphatic carbocycles. The second-order valence-corrected chi connectivity index (χ2v) is 6.84. The monoisotopic (exact) mass is 383 g/mol. The SMILES string of the molecule is COc1ccccc1CNC(=O)NC1(c2ccccc2)CCN(C(=O)O)CC1. The first-order chi connectivity index (χ1) is 13.5. The van der Waals surface area contributed by atoms with Gasteiger partial charge in [0, 0.05) is 25.2 Å². The topological polar surface area (TPSA) is 90.9 Å². The predicted octanol–water partition coefficient (Wildman–Crippen LogP) is 3.16. The molecule has 7 heteroatoms. The van der Waals surface area contributed by atoms with Crippen LogP contribution in [0.3, 0.4) is 0 Å². The summed E-state index contributed by atoms with van der Waals surface area (Å²) in [5, 5.41) is 15.2. The summed E-state index contributed by atoms with van der Waals surface area (Å²) >= 11 is 0. The predicted molar refractivity (Wildman–Crippen MR) is 105 cm³/mol. The van der Waals surface area contributed by atoms with Crippen molar-refractivity contribution in [3.05, 3.63) is 65.7 Å². The van der Waals surface area contributed by atoms with Gasteiger partial charge in [-0.3, -0.25) is 0 Å². The molecule has 1 aliphatic heterocycles. The Labute approximate surface area is 164 Å². The molecule has 28 heavy (non-hydrogen) atoms. The highest BCUT2D eigenvalue weighted by Gasteiger charge is 2.38. The van der Waals surface area contributed by atoms with Crippen molar-refractivity contribution >= 4 is 12.1 Å². The number of para-hydroxylation sites is 1. The lowest BCUT2D eigenvalue weighted by Crippen LogP contribution is -2.56. The number of benzene rings is 2. The molecule has 3 rings (SSSR count). The van der Waals surface area contributed by atoms with Gasteiger partial charge >= 0.3 is 12.1 Å². The number of hydrogen-bond acceptors (Lipinski definition) is 3. The van der Waals surface area contributed by atoms with E-state index in [0.29, 0.717) is 32.5 Å². The van der Waals surface area contributed by atoms with E-state index in [9.17, 15) is 14.7 Å². The Morgan fingerprint density at radius 2 is 1.71 bits per heavy atom. The van der Waals surface area contributed by atoms with Crippen LogP contribution < -0.4 is 15.4 Å². The van der Waals surface area contributed by atoms with Crippen LogP contribution in [-0.2, 0) is 12.1 Å². The Balaban J connectivity index is 1.71. The van der Waals surface area contributed by atoms with E-state index >= 15 is 0 Å². The molecule has 2 aromatic carbocycles. The van der Waals surface area contributed by atoms with E-state index in [2.05, 4.69) is 10.6 Å². The molecule has 0 unspecified atom stereocenters. The second-order valence-electron chi connectivity index (χ2n) is 6.84. The number of carbonyl (C=O) groups is 2. The largest absolute Gasteiger partial charge is 0.496 e. The van der Waals surface area contributed by atoms with Crippen molar-refractivity contribution in [2.24, 2.45) is 0 Å². The first kappa shape index (κ1) is 19.5. The summed E-state index contributed by atoms with van der Waals surface area (Å²) in [7, 11) is 1.60. The summed E-state index contributed by atoms with van der Waals surface area (Å²) in [5.74, 6) is 0.718. The minimum absolute atomic E-state index is 0.293. The molecular formula is C21H25N3O4. The van der Waals surface area contributed by atoms with Gasteiger partial charge in [0.2, 0.25) is 0 Å². The van der Waals surface area contributed by atoms with E-state index in [0.717, 1.165) is 16.9 Å². The number of ether oxygens (including phenoxy) is 1. The smallest absolute Gasteiger partial charge is 0.407 e. The number of hydrogen-bond donors (Lipinski definition) is 3. The fraction of sp³-hybridized carbons (Fsp3) is 0.333. The zero-order valence-electron chi connectivity index (χ0n) is 15.9. The molecule has 0 spiro atoms. The average Bonchev–Trinajstić information content (AvgIpc) is 2.73. The fourth-order valence-electron chi connectivity index (χ4n) is 3.61. The van der Waals surface area contributed by atoms with E-state index in [-0.39, 0.29) is 6.03 Å². The lowest BCUT2D eigenvalue weighted by Gasteiger charge is -2.42. The van der Waals surface area contributed by atoms with E-state index in [4.69, 9.17) is 4.74 Å². The lowest BCUT2D eigenvalue weighted by atomic mass is 9.81. The molecule has 0 atom stereocenters. The highest BCUT2D eigenvalue weighted by atomic mass is 16.5. The molecule has 1 heterocycles. The summed E-state index contributed by atoms with van der Waals surface area (Å²) in [4.78, 5) is 25.3. The fourth-order valence-corrected chi connectivity index (χ4v) is 3.61. The maximum absolute atomic E-state index is 12.7. The molecule has 2 aromatic rings. The molecule has 7 nitrogen and oxygen atoms in total. The third kappa shape index (κ3) is 4.36. The van der Waals surface area contributed by atoms with Crippen LogP contribution in [0.1, 0.15) is 24.0 Å². The van der Waals surface area contributed by atoms with Crippen molar-refractivity contribution in [2.45, 2.75) is 24.9 Å². The molecule has 0 saturated carbocycles. The first-order valence-corrected chi connectivity index (χ1v) is 9.25. The number of carboxylic acid groups (broad SMARTS) is 1. The van der Waals surface area contributed by atoms with Gasteiger partial charge in [0.15, 0.2) is 0 Å². The Morgan fingerprint density at radius 1 is 1.07 bits per heavy atom. The van der Waals surface area contributed by atoms with Crippen LogP contribution in [0.25, 0.3) is 0 Å². The van der Waals surface area contributed by atoms with Gasteiger partial charge in [-0.1, -0.05) is 48.5 Å². The van der Waals surface area contributed by atoms with Crippen LogP contribution in [0.5, 0.6) is 5.75 Å². The van der Waals surface area contributed by atoms with Crippen LogP contribution >= 0.6 is 0 Å². The van der Waals surface area contributed by atoms with Gasteiger partial charge in [-0.05, 0) is 24.5 Å². The van der Waals surface area contributed by atoms with Gasteiger partial charge in [-0.15, -0.1) is 0 Å². The summed E-state index contributed by atoms with van der Waals surface area (Å²) in [6, 6.07) is 16.9. The number of urea groups is 1. The lowest BCUT2D eigenvalue weighted by molar-refractivity contribution is 0.108. The normalized spacial score (nSPS) is 15.5. The van der Waals surface area contributed by atoms with Crippen molar-refractivity contribution in [1.29, 1.82) is 0 Å². The van der Waals surface area contributed by atoms with Crippen molar-refractivity contribution < 1.29 is 19.4 Å². The van der Waals surface area contributed by atoms with Crippen molar-refractivity contribution in [3.63, 3.8) is 0 Å². The number of likely N-dealkylation sites (tertiary alicyclic amines) is 1. The molecule has 1 aliphatic rings. The summed E-state index contributed by atoms with van der Waals surface area (Å²) in [5.41, 5.74) is 1.26. The molecule has 1 fully saturated rings. The van der Waals surface area contributed by atoms with Gasteiger partial charge in [0.1, 0.15) is 5.75 Å². The molecule has 3 N–H and O–H groups in total. The molecule has 0 radical (unpaired) electrons. The Bertz CT molecular complexity index is 817. The number of nitrogens with one attached hydrogen (secondary N) is 2. The standard InChI is InChI=1S/C21H25N3O4/c1-28-18-10-6-5-7-16(18)15-22-19(25)23-21(17-8-3-2-4-9-17)11-13-24(14-12-21)20(26)27/h2-10H,11-15H2,1H3,(H,26,27)(H2,22,23,25). The van der Waals surface area contributed by atoms with E-state index in [1.807, 2.05) is 54.6 Å². The number of piperidine rings is 1. The third-order valence-corrected chi connectivity index (χ3v) is 5.20. The summed E-state index contributed by atoms with van der Waals surface area (Å²) in [6.45, 7) is 1.08. The summed E-state index contributed by atoms with van der Waals surface area (Å²) in [6.07, 6.45) is 0.110. The van der Waals surface area contributed by atoms with Crippen molar-refractivity contribution in [1.82, 2.24) is 15.5 Å². The zero-order chi connectivity index (χ0) is 20.0. The number of rotatable bonds is 5. The highest BCUT2D eigenvalue weighted by Crippen LogP contribution is 2.33. The van der Waals surface area contributed by atoms with Crippen LogP contribution in [-0.4, -0.2) is 42.3 Å². The molecule has 0 aromatic heterocycles. The molecular weight excluding hydrogens is 358 g/mol. The minimum Gasteiger partial charge on any atom is -0.496 e. The van der Waals surface area contributed by atoms with Crippen molar-refractivity contribution in [2.75, 3.05) is 20.2 Å². The van der Waals surface area contributed by atoms with Crippen molar-refractivity contribution in [3.8, 4) is 5.75 Å². The quantitative estimate of drug-likeness (QED) is 0.740. The molecule has 0 bridgehead atoms. The molecule has 3 amide bonds. The van der Waals surface area contributed by atoms with Gasteiger partial charge < -0.3 is 25.4 Å².